The maximum atomic E-state index is 12.0. The van der Waals surface area contributed by atoms with Crippen LogP contribution < -0.4 is 5.32 Å². The van der Waals surface area contributed by atoms with Gasteiger partial charge in [0.1, 0.15) is 17.0 Å². The van der Waals surface area contributed by atoms with Crippen molar-refractivity contribution in [1.82, 2.24) is 24.5 Å². The molecule has 3 aromatic rings. The quantitative estimate of drug-likeness (QED) is 0.768. The summed E-state index contributed by atoms with van der Waals surface area (Å²) in [5, 5.41) is 9.92. The molecule has 0 atom stereocenters. The minimum atomic E-state index is -0.0955. The molecule has 0 saturated heterocycles. The molecule has 0 spiro atoms. The van der Waals surface area contributed by atoms with Crippen LogP contribution in [0.15, 0.2) is 30.7 Å². The van der Waals surface area contributed by atoms with Gasteiger partial charge in [0.25, 0.3) is 5.91 Å². The second kappa shape index (κ2) is 5.51. The third kappa shape index (κ3) is 2.65. The van der Waals surface area contributed by atoms with Gasteiger partial charge in [-0.15, -0.1) is 0 Å². The van der Waals surface area contributed by atoms with Crippen molar-refractivity contribution in [2.75, 3.05) is 19.4 Å². The molecule has 0 aliphatic carbocycles. The van der Waals surface area contributed by atoms with Crippen molar-refractivity contribution in [2.45, 2.75) is 13.5 Å². The number of nitrogens with zero attached hydrogens (tertiary/aromatic N) is 4. The number of aromatic amines is 1. The van der Waals surface area contributed by atoms with Gasteiger partial charge in [-0.2, -0.15) is 5.10 Å². The van der Waals surface area contributed by atoms with Gasteiger partial charge in [-0.25, -0.2) is 4.98 Å². The summed E-state index contributed by atoms with van der Waals surface area (Å²) in [4.78, 5) is 18.1. The first-order valence-corrected chi connectivity index (χ1v) is 6.97. The van der Waals surface area contributed by atoms with Crippen LogP contribution in [0.2, 0.25) is 0 Å². The molecule has 22 heavy (non-hydrogen) atoms. The molecule has 1 amide bonds. The van der Waals surface area contributed by atoms with Crippen LogP contribution in [0.4, 0.5) is 5.82 Å². The normalized spacial score (nSPS) is 10.9. The van der Waals surface area contributed by atoms with Crippen LogP contribution in [0.5, 0.6) is 0 Å². The van der Waals surface area contributed by atoms with Gasteiger partial charge in [-0.05, 0) is 18.6 Å². The van der Waals surface area contributed by atoms with Gasteiger partial charge in [0.2, 0.25) is 0 Å². The lowest BCUT2D eigenvalue weighted by Crippen LogP contribution is -2.22. The van der Waals surface area contributed by atoms with E-state index in [1.54, 1.807) is 14.1 Å². The van der Waals surface area contributed by atoms with Gasteiger partial charge in [-0.1, -0.05) is 6.07 Å². The standard InChI is InChI=1S/C15H18N6O/c1-10-4-5-13-18-11(9-21(13)8-10)6-16-14-12(7-17-19-14)15(22)20(2)3/h4-5,7-9H,6H2,1-3H3,(H2,16,17,19). The van der Waals surface area contributed by atoms with Gasteiger partial charge in [-0.3, -0.25) is 9.89 Å². The smallest absolute Gasteiger partial charge is 0.258 e. The molecule has 7 nitrogen and oxygen atoms in total. The van der Waals surface area contributed by atoms with Crippen LogP contribution in [0.25, 0.3) is 5.65 Å². The second-order valence-electron chi connectivity index (χ2n) is 5.42. The predicted octanol–water partition coefficient (Wildman–Crippen LogP) is 1.68. The fraction of sp³-hybridized carbons (Fsp3) is 0.267. The van der Waals surface area contributed by atoms with Crippen LogP contribution in [-0.4, -0.2) is 44.5 Å². The number of nitrogens with one attached hydrogen (secondary N) is 2. The Morgan fingerprint density at radius 3 is 2.95 bits per heavy atom. The molecular formula is C15H18N6O. The minimum absolute atomic E-state index is 0.0955. The topological polar surface area (TPSA) is 78.3 Å². The van der Waals surface area contributed by atoms with Crippen molar-refractivity contribution in [3.63, 3.8) is 0 Å². The zero-order valence-corrected chi connectivity index (χ0v) is 12.8. The van der Waals surface area contributed by atoms with E-state index in [9.17, 15) is 4.79 Å². The lowest BCUT2D eigenvalue weighted by molar-refractivity contribution is 0.0828. The van der Waals surface area contributed by atoms with Gasteiger partial charge in [0.15, 0.2) is 0 Å². The minimum Gasteiger partial charge on any atom is -0.364 e. The van der Waals surface area contributed by atoms with Crippen molar-refractivity contribution >= 4 is 17.4 Å². The van der Waals surface area contributed by atoms with Crippen molar-refractivity contribution in [2.24, 2.45) is 0 Å². The molecule has 0 radical (unpaired) electrons. The third-order valence-electron chi connectivity index (χ3n) is 3.37. The Morgan fingerprint density at radius 2 is 2.18 bits per heavy atom. The molecule has 0 aromatic carbocycles. The number of imidazole rings is 1. The second-order valence-corrected chi connectivity index (χ2v) is 5.42. The molecule has 0 aliphatic rings. The van der Waals surface area contributed by atoms with Crippen LogP contribution in [0.1, 0.15) is 21.6 Å². The molecule has 0 bridgehead atoms. The van der Waals surface area contributed by atoms with Crippen LogP contribution in [0, 0.1) is 6.92 Å². The Hall–Kier alpha value is -2.83. The number of amides is 1. The molecule has 114 valence electrons. The lowest BCUT2D eigenvalue weighted by atomic mass is 10.3. The highest BCUT2D eigenvalue weighted by atomic mass is 16.2. The molecule has 3 heterocycles. The van der Waals surface area contributed by atoms with Crippen molar-refractivity contribution < 1.29 is 4.79 Å². The van der Waals surface area contributed by atoms with Crippen molar-refractivity contribution in [3.8, 4) is 0 Å². The average molecular weight is 298 g/mol. The van der Waals surface area contributed by atoms with Crippen LogP contribution >= 0.6 is 0 Å². The molecule has 0 aliphatic heterocycles. The number of carbonyl (C=O) groups is 1. The number of carbonyl (C=O) groups excluding carboxylic acids is 1. The molecule has 3 aromatic heterocycles. The molecule has 0 saturated carbocycles. The summed E-state index contributed by atoms with van der Waals surface area (Å²) in [7, 11) is 3.42. The number of aryl methyl sites for hydroxylation is 1. The number of pyridine rings is 1. The summed E-state index contributed by atoms with van der Waals surface area (Å²) >= 11 is 0. The van der Waals surface area contributed by atoms with Gasteiger partial charge >= 0.3 is 0 Å². The number of hydrogen-bond donors (Lipinski definition) is 2. The fourth-order valence-electron chi connectivity index (χ4n) is 2.24. The van der Waals surface area contributed by atoms with Crippen molar-refractivity contribution in [1.29, 1.82) is 0 Å². The lowest BCUT2D eigenvalue weighted by Gasteiger charge is -2.10. The zero-order chi connectivity index (χ0) is 15.7. The summed E-state index contributed by atoms with van der Waals surface area (Å²) in [5.74, 6) is 0.508. The van der Waals surface area contributed by atoms with Crippen LogP contribution in [0.3, 0.4) is 0 Å². The van der Waals surface area contributed by atoms with E-state index in [1.807, 2.05) is 35.9 Å². The summed E-state index contributed by atoms with van der Waals surface area (Å²) in [5.41, 5.74) is 3.49. The Kier molecular flexibility index (Phi) is 3.54. The molecule has 7 heteroatoms. The highest BCUT2D eigenvalue weighted by molar-refractivity contribution is 5.98. The van der Waals surface area contributed by atoms with E-state index in [1.165, 1.54) is 16.7 Å². The predicted molar refractivity (Wildman–Crippen MR) is 83.9 cm³/mol. The fourth-order valence-corrected chi connectivity index (χ4v) is 2.24. The number of aromatic nitrogens is 4. The largest absolute Gasteiger partial charge is 0.364 e. The monoisotopic (exact) mass is 298 g/mol. The molecule has 0 fully saturated rings. The molecule has 2 N–H and O–H groups in total. The summed E-state index contributed by atoms with van der Waals surface area (Å²) in [6, 6.07) is 4.01. The molecule has 3 rings (SSSR count). The van der Waals surface area contributed by atoms with Crippen molar-refractivity contribution in [3.05, 3.63) is 47.5 Å². The number of fused-ring (bicyclic) bond motifs is 1. The summed E-state index contributed by atoms with van der Waals surface area (Å²) in [6.07, 6.45) is 5.53. The van der Waals surface area contributed by atoms with E-state index < -0.39 is 0 Å². The Labute approximate surface area is 128 Å². The Bertz CT molecular complexity index is 816. The summed E-state index contributed by atoms with van der Waals surface area (Å²) in [6.45, 7) is 2.55. The van der Waals surface area contributed by atoms with E-state index in [0.717, 1.165) is 11.3 Å². The number of H-pyrrole nitrogens is 1. The van der Waals surface area contributed by atoms with Gasteiger partial charge < -0.3 is 14.6 Å². The zero-order valence-electron chi connectivity index (χ0n) is 12.8. The first-order valence-electron chi connectivity index (χ1n) is 6.97. The highest BCUT2D eigenvalue weighted by Gasteiger charge is 2.15. The summed E-state index contributed by atoms with van der Waals surface area (Å²) < 4.78 is 1.99. The van der Waals surface area contributed by atoms with E-state index in [0.29, 0.717) is 17.9 Å². The number of rotatable bonds is 4. The number of anilines is 1. The van der Waals surface area contributed by atoms with E-state index in [-0.39, 0.29) is 5.91 Å². The first-order chi connectivity index (χ1) is 10.5. The maximum absolute atomic E-state index is 12.0. The SMILES string of the molecule is Cc1ccc2nc(CNc3[nH]ncc3C(=O)N(C)C)cn2c1. The van der Waals surface area contributed by atoms with E-state index >= 15 is 0 Å². The Balaban J connectivity index is 1.77. The highest BCUT2D eigenvalue weighted by Crippen LogP contribution is 2.14. The first kappa shape index (κ1) is 14.1. The average Bonchev–Trinajstić information content (AvgIpc) is 3.09. The number of hydrogen-bond acceptors (Lipinski definition) is 4. The van der Waals surface area contributed by atoms with E-state index in [2.05, 4.69) is 20.5 Å². The third-order valence-corrected chi connectivity index (χ3v) is 3.37. The van der Waals surface area contributed by atoms with Gasteiger partial charge in [0.05, 0.1) is 18.4 Å². The molecular weight excluding hydrogens is 280 g/mol. The maximum Gasteiger partial charge on any atom is 0.258 e. The molecule has 0 unspecified atom stereocenters. The van der Waals surface area contributed by atoms with E-state index in [4.69, 9.17) is 0 Å². The van der Waals surface area contributed by atoms with Crippen LogP contribution in [-0.2, 0) is 6.54 Å². The van der Waals surface area contributed by atoms with Gasteiger partial charge in [0, 0.05) is 26.5 Å². The Morgan fingerprint density at radius 1 is 1.36 bits per heavy atom.